The van der Waals surface area contributed by atoms with E-state index in [-0.39, 0.29) is 5.56 Å². The van der Waals surface area contributed by atoms with Crippen LogP contribution in [0.15, 0.2) is 42.5 Å². The predicted octanol–water partition coefficient (Wildman–Crippen LogP) is 4.30. The molecule has 2 aromatic carbocycles. The van der Waals surface area contributed by atoms with Gasteiger partial charge >= 0.3 is 5.97 Å². The van der Waals surface area contributed by atoms with Gasteiger partial charge in [-0.1, -0.05) is 23.7 Å². The lowest BCUT2D eigenvalue weighted by molar-refractivity contribution is 0.0696. The van der Waals surface area contributed by atoms with Gasteiger partial charge in [0.15, 0.2) is 0 Å². The molecule has 0 radical (unpaired) electrons. The molecule has 1 aromatic heterocycles. The molecule has 26 heavy (non-hydrogen) atoms. The van der Waals surface area contributed by atoms with Gasteiger partial charge in [-0.25, -0.2) is 9.48 Å². The largest absolute Gasteiger partial charge is 0.478 e. The highest BCUT2D eigenvalue weighted by Gasteiger charge is 2.15. The average molecular weight is 366 g/mol. The lowest BCUT2D eigenvalue weighted by Gasteiger charge is -2.07. The molecule has 5 nitrogen and oxygen atoms in total. The Balaban J connectivity index is 1.99. The van der Waals surface area contributed by atoms with Crippen LogP contribution in [0.5, 0.6) is 0 Å². The van der Waals surface area contributed by atoms with Crippen LogP contribution in [0.4, 0.5) is 0 Å². The lowest BCUT2D eigenvalue weighted by atomic mass is 10.0. The number of aryl methyl sites for hydroxylation is 1. The molecule has 0 fully saturated rings. The van der Waals surface area contributed by atoms with Crippen LogP contribution in [0.25, 0.3) is 5.69 Å². The molecule has 0 aliphatic carbocycles. The maximum Gasteiger partial charge on any atom is 0.335 e. The molecule has 0 aliphatic rings. The number of nitrogens with zero attached hydrogens (tertiary/aromatic N) is 3. The van der Waals surface area contributed by atoms with Gasteiger partial charge in [0.25, 0.3) is 0 Å². The van der Waals surface area contributed by atoms with Crippen molar-refractivity contribution in [3.05, 3.63) is 81.1 Å². The molecule has 0 spiro atoms. The van der Waals surface area contributed by atoms with Crippen LogP contribution < -0.4 is 0 Å². The standard InChI is InChI=1S/C20H16ClN3O2/c1-12-18(9-14-4-3-5-15(8-14)20(25)26)13(2)24(23-12)17-7-6-16(11-22)19(21)10-17/h3-8,10H,9H2,1-2H3,(H,25,26). The van der Waals surface area contributed by atoms with Crippen molar-refractivity contribution in [2.45, 2.75) is 20.3 Å². The first-order valence-electron chi connectivity index (χ1n) is 7.98. The van der Waals surface area contributed by atoms with E-state index in [0.717, 1.165) is 28.2 Å². The van der Waals surface area contributed by atoms with Crippen molar-refractivity contribution in [2.75, 3.05) is 0 Å². The second-order valence-electron chi connectivity index (χ2n) is 6.02. The van der Waals surface area contributed by atoms with Crippen molar-refractivity contribution < 1.29 is 9.90 Å². The number of benzene rings is 2. The Kier molecular flexibility index (Phi) is 4.79. The molecule has 130 valence electrons. The van der Waals surface area contributed by atoms with Crippen molar-refractivity contribution in [1.82, 2.24) is 9.78 Å². The normalized spacial score (nSPS) is 10.5. The molecule has 0 aliphatic heterocycles. The van der Waals surface area contributed by atoms with Crippen LogP contribution in [-0.2, 0) is 6.42 Å². The van der Waals surface area contributed by atoms with Crippen LogP contribution in [0.2, 0.25) is 5.02 Å². The number of aromatic carboxylic acids is 1. The second-order valence-corrected chi connectivity index (χ2v) is 6.43. The number of rotatable bonds is 4. The van der Waals surface area contributed by atoms with Gasteiger partial charge in [0.05, 0.1) is 27.5 Å². The van der Waals surface area contributed by atoms with Gasteiger partial charge in [0, 0.05) is 17.7 Å². The number of nitriles is 1. The smallest absolute Gasteiger partial charge is 0.335 e. The molecular weight excluding hydrogens is 350 g/mol. The third-order valence-electron chi connectivity index (χ3n) is 4.31. The van der Waals surface area contributed by atoms with E-state index >= 15 is 0 Å². The maximum atomic E-state index is 11.2. The zero-order valence-electron chi connectivity index (χ0n) is 14.3. The van der Waals surface area contributed by atoms with Crippen LogP contribution in [0.1, 0.15) is 38.4 Å². The Hall–Kier alpha value is -3.10. The van der Waals surface area contributed by atoms with Crippen molar-refractivity contribution >= 4 is 17.6 Å². The SMILES string of the molecule is Cc1nn(-c2ccc(C#N)c(Cl)c2)c(C)c1Cc1cccc(C(=O)O)c1. The fourth-order valence-electron chi connectivity index (χ4n) is 2.93. The summed E-state index contributed by atoms with van der Waals surface area (Å²) in [7, 11) is 0. The summed E-state index contributed by atoms with van der Waals surface area (Å²) in [6, 6.07) is 14.1. The highest BCUT2D eigenvalue weighted by atomic mass is 35.5. The molecule has 1 heterocycles. The zero-order valence-corrected chi connectivity index (χ0v) is 15.1. The predicted molar refractivity (Wildman–Crippen MR) is 99.0 cm³/mol. The third kappa shape index (κ3) is 3.32. The van der Waals surface area contributed by atoms with E-state index in [1.165, 1.54) is 0 Å². The minimum Gasteiger partial charge on any atom is -0.478 e. The molecule has 3 rings (SSSR count). The fraction of sp³-hybridized carbons (Fsp3) is 0.150. The van der Waals surface area contributed by atoms with Gasteiger partial charge in [0.2, 0.25) is 0 Å². The molecule has 3 aromatic rings. The van der Waals surface area contributed by atoms with E-state index in [4.69, 9.17) is 22.0 Å². The number of carbonyl (C=O) groups is 1. The van der Waals surface area contributed by atoms with Gasteiger partial charge in [-0.3, -0.25) is 0 Å². The monoisotopic (exact) mass is 365 g/mol. The molecule has 0 bridgehead atoms. The summed E-state index contributed by atoms with van der Waals surface area (Å²) in [5, 5.41) is 23.1. The summed E-state index contributed by atoms with van der Waals surface area (Å²) in [4.78, 5) is 11.2. The third-order valence-corrected chi connectivity index (χ3v) is 4.63. The van der Waals surface area contributed by atoms with E-state index < -0.39 is 5.97 Å². The molecule has 0 saturated heterocycles. The zero-order chi connectivity index (χ0) is 18.8. The molecular formula is C20H16ClN3O2. The lowest BCUT2D eigenvalue weighted by Crippen LogP contribution is -2.01. The van der Waals surface area contributed by atoms with Crippen LogP contribution in [0.3, 0.4) is 0 Å². The Morgan fingerprint density at radius 1 is 1.27 bits per heavy atom. The quantitative estimate of drug-likeness (QED) is 0.747. The average Bonchev–Trinajstić information content (AvgIpc) is 2.90. The molecule has 0 amide bonds. The van der Waals surface area contributed by atoms with Gasteiger partial charge in [-0.15, -0.1) is 0 Å². The molecule has 0 unspecified atom stereocenters. The first-order valence-corrected chi connectivity index (χ1v) is 8.36. The van der Waals surface area contributed by atoms with Crippen LogP contribution in [-0.4, -0.2) is 20.9 Å². The molecule has 1 N–H and O–H groups in total. The minimum atomic E-state index is -0.941. The van der Waals surface area contributed by atoms with E-state index in [1.807, 2.05) is 26.0 Å². The van der Waals surface area contributed by atoms with Crippen LogP contribution in [0, 0.1) is 25.2 Å². The fourth-order valence-corrected chi connectivity index (χ4v) is 3.14. The van der Waals surface area contributed by atoms with Crippen molar-refractivity contribution in [1.29, 1.82) is 5.26 Å². The Labute approximate surface area is 156 Å². The van der Waals surface area contributed by atoms with E-state index in [9.17, 15) is 4.79 Å². The summed E-state index contributed by atoms with van der Waals surface area (Å²) in [6.45, 7) is 3.88. The van der Waals surface area contributed by atoms with Crippen LogP contribution >= 0.6 is 11.6 Å². The Bertz CT molecular complexity index is 1050. The highest BCUT2D eigenvalue weighted by Crippen LogP contribution is 2.24. The summed E-state index contributed by atoms with van der Waals surface area (Å²) in [6.07, 6.45) is 0.586. The summed E-state index contributed by atoms with van der Waals surface area (Å²) in [5.41, 5.74) is 5.22. The van der Waals surface area contributed by atoms with E-state index in [1.54, 1.807) is 41.1 Å². The van der Waals surface area contributed by atoms with Crippen molar-refractivity contribution in [2.24, 2.45) is 0 Å². The summed E-state index contributed by atoms with van der Waals surface area (Å²) >= 11 is 6.14. The summed E-state index contributed by atoms with van der Waals surface area (Å²) < 4.78 is 1.79. The van der Waals surface area contributed by atoms with E-state index in [2.05, 4.69) is 5.10 Å². The number of hydrogen-bond donors (Lipinski definition) is 1. The molecule has 6 heteroatoms. The number of carboxylic acid groups (broad SMARTS) is 1. The topological polar surface area (TPSA) is 78.9 Å². The first-order chi connectivity index (χ1) is 12.4. The van der Waals surface area contributed by atoms with Crippen molar-refractivity contribution in [3.8, 4) is 11.8 Å². The minimum absolute atomic E-state index is 0.268. The summed E-state index contributed by atoms with van der Waals surface area (Å²) in [5.74, 6) is -0.941. The number of halogens is 1. The second kappa shape index (κ2) is 7.03. The molecule has 0 saturated carbocycles. The van der Waals surface area contributed by atoms with Gasteiger partial charge in [0.1, 0.15) is 6.07 Å². The van der Waals surface area contributed by atoms with Crippen molar-refractivity contribution in [3.63, 3.8) is 0 Å². The number of hydrogen-bond acceptors (Lipinski definition) is 3. The van der Waals surface area contributed by atoms with Gasteiger partial charge < -0.3 is 5.11 Å². The Morgan fingerprint density at radius 3 is 2.69 bits per heavy atom. The number of aromatic nitrogens is 2. The number of carboxylic acids is 1. The van der Waals surface area contributed by atoms with E-state index in [0.29, 0.717) is 17.0 Å². The maximum absolute atomic E-state index is 11.2. The Morgan fingerprint density at radius 2 is 2.04 bits per heavy atom. The van der Waals surface area contributed by atoms with Gasteiger partial charge in [-0.05, 0) is 49.7 Å². The molecule has 0 atom stereocenters. The highest BCUT2D eigenvalue weighted by molar-refractivity contribution is 6.31. The van der Waals surface area contributed by atoms with Gasteiger partial charge in [-0.2, -0.15) is 10.4 Å². The first kappa shape index (κ1) is 17.7.